The molecule has 1 saturated carbocycles. The number of rotatable bonds is 3. The first-order valence-electron chi connectivity index (χ1n) is 6.12. The van der Waals surface area contributed by atoms with Crippen LogP contribution in [0.15, 0.2) is 6.07 Å². The molecule has 2 rings (SSSR count). The molecule has 0 unspecified atom stereocenters. The molecule has 1 heterocycles. The number of halogens is 2. The van der Waals surface area contributed by atoms with E-state index < -0.39 is 0 Å². The Bertz CT molecular complexity index is 462. The van der Waals surface area contributed by atoms with Crippen LogP contribution in [0.3, 0.4) is 0 Å². The van der Waals surface area contributed by atoms with Crippen LogP contribution in [-0.2, 0) is 4.74 Å². The Morgan fingerprint density at radius 1 is 1.32 bits per heavy atom. The Morgan fingerprint density at radius 2 is 2.00 bits per heavy atom. The summed E-state index contributed by atoms with van der Waals surface area (Å²) in [5, 5.41) is 10.4. The largest absolute Gasteiger partial charge is 0.381 e. The maximum atomic E-state index is 12.1. The van der Waals surface area contributed by atoms with Crippen molar-refractivity contribution in [3.63, 3.8) is 0 Å². The van der Waals surface area contributed by atoms with E-state index in [0.29, 0.717) is 6.10 Å². The molecule has 104 valence electrons. The lowest BCUT2D eigenvalue weighted by molar-refractivity contribution is 0.0599. The monoisotopic (exact) mass is 303 g/mol. The molecule has 5 nitrogen and oxygen atoms in total. The molecular weight excluding hydrogens is 289 g/mol. The minimum atomic E-state index is -0.261. The second-order valence-corrected chi connectivity index (χ2v) is 5.30. The molecule has 0 atom stereocenters. The summed E-state index contributed by atoms with van der Waals surface area (Å²) in [4.78, 5) is 12.1. The average molecular weight is 304 g/mol. The highest BCUT2D eigenvalue weighted by atomic mass is 35.5. The van der Waals surface area contributed by atoms with E-state index in [2.05, 4.69) is 15.5 Å². The van der Waals surface area contributed by atoms with Crippen molar-refractivity contribution < 1.29 is 9.53 Å². The van der Waals surface area contributed by atoms with E-state index in [1.54, 1.807) is 7.11 Å². The summed E-state index contributed by atoms with van der Waals surface area (Å²) in [5.41, 5.74) is 0.260. The fourth-order valence-electron chi connectivity index (χ4n) is 2.22. The van der Waals surface area contributed by atoms with Gasteiger partial charge in [-0.2, -0.15) is 0 Å². The molecule has 1 fully saturated rings. The molecule has 0 spiro atoms. The minimum absolute atomic E-state index is 0.0625. The lowest BCUT2D eigenvalue weighted by Gasteiger charge is -2.28. The lowest BCUT2D eigenvalue weighted by atomic mass is 9.93. The van der Waals surface area contributed by atoms with Crippen LogP contribution >= 0.6 is 23.2 Å². The van der Waals surface area contributed by atoms with Crippen LogP contribution in [0.4, 0.5) is 0 Å². The van der Waals surface area contributed by atoms with Crippen molar-refractivity contribution in [1.29, 1.82) is 0 Å². The number of amides is 1. The van der Waals surface area contributed by atoms with Crippen LogP contribution in [0.1, 0.15) is 36.0 Å². The SMILES string of the molecule is COC1CCC(NC(=O)c2cc(Cl)nnc2Cl)CC1. The molecule has 1 amide bonds. The molecule has 7 heteroatoms. The fraction of sp³-hybridized carbons (Fsp3) is 0.583. The van der Waals surface area contributed by atoms with Gasteiger partial charge in [0.2, 0.25) is 0 Å². The average Bonchev–Trinajstić information content (AvgIpc) is 2.42. The Kier molecular flexibility index (Phi) is 4.96. The van der Waals surface area contributed by atoms with Gasteiger partial charge in [-0.05, 0) is 31.7 Å². The van der Waals surface area contributed by atoms with Crippen LogP contribution in [0.25, 0.3) is 0 Å². The molecule has 0 saturated heterocycles. The molecule has 0 aromatic carbocycles. The van der Waals surface area contributed by atoms with Gasteiger partial charge in [-0.25, -0.2) is 0 Å². The molecule has 1 aromatic heterocycles. The molecular formula is C12H15Cl2N3O2. The maximum Gasteiger partial charge on any atom is 0.254 e. The Morgan fingerprint density at radius 3 is 2.63 bits per heavy atom. The maximum absolute atomic E-state index is 12.1. The van der Waals surface area contributed by atoms with Crippen molar-refractivity contribution in [3.8, 4) is 0 Å². The molecule has 19 heavy (non-hydrogen) atoms. The zero-order chi connectivity index (χ0) is 13.8. The summed E-state index contributed by atoms with van der Waals surface area (Å²) in [6.07, 6.45) is 3.99. The van der Waals surface area contributed by atoms with E-state index in [1.807, 2.05) is 0 Å². The summed E-state index contributed by atoms with van der Waals surface area (Å²) >= 11 is 11.6. The summed E-state index contributed by atoms with van der Waals surface area (Å²) in [6.45, 7) is 0. The van der Waals surface area contributed by atoms with Crippen LogP contribution in [0.2, 0.25) is 10.3 Å². The molecule has 0 aliphatic heterocycles. The van der Waals surface area contributed by atoms with Gasteiger partial charge >= 0.3 is 0 Å². The number of hydrogen-bond donors (Lipinski definition) is 1. The normalized spacial score (nSPS) is 23.1. The highest BCUT2D eigenvalue weighted by Crippen LogP contribution is 2.22. The lowest BCUT2D eigenvalue weighted by Crippen LogP contribution is -2.39. The number of aromatic nitrogens is 2. The van der Waals surface area contributed by atoms with E-state index in [9.17, 15) is 4.79 Å². The summed E-state index contributed by atoms with van der Waals surface area (Å²) < 4.78 is 5.29. The summed E-state index contributed by atoms with van der Waals surface area (Å²) in [5.74, 6) is -0.261. The van der Waals surface area contributed by atoms with E-state index in [1.165, 1.54) is 6.07 Å². The van der Waals surface area contributed by atoms with Crippen molar-refractivity contribution in [1.82, 2.24) is 15.5 Å². The highest BCUT2D eigenvalue weighted by molar-refractivity contribution is 6.34. The van der Waals surface area contributed by atoms with Gasteiger partial charge in [-0.3, -0.25) is 4.79 Å². The Hall–Kier alpha value is -0.910. The van der Waals surface area contributed by atoms with Gasteiger partial charge in [0.15, 0.2) is 10.3 Å². The minimum Gasteiger partial charge on any atom is -0.381 e. The van der Waals surface area contributed by atoms with Gasteiger partial charge in [-0.1, -0.05) is 23.2 Å². The van der Waals surface area contributed by atoms with Gasteiger partial charge in [0.05, 0.1) is 11.7 Å². The molecule has 1 aromatic rings. The standard InChI is InChI=1S/C12H15Cl2N3O2/c1-19-8-4-2-7(3-5-8)15-12(18)9-6-10(13)16-17-11(9)14/h6-8H,2-5H2,1H3,(H,15,18). The third kappa shape index (κ3) is 3.78. The van der Waals surface area contributed by atoms with E-state index in [-0.39, 0.29) is 27.8 Å². The van der Waals surface area contributed by atoms with Crippen molar-refractivity contribution in [3.05, 3.63) is 21.9 Å². The molecule has 1 aliphatic rings. The number of nitrogens with zero attached hydrogens (tertiary/aromatic N) is 2. The number of ether oxygens (including phenoxy) is 1. The van der Waals surface area contributed by atoms with Crippen molar-refractivity contribution >= 4 is 29.1 Å². The third-order valence-electron chi connectivity index (χ3n) is 3.31. The number of hydrogen-bond acceptors (Lipinski definition) is 4. The number of carbonyl (C=O) groups excluding carboxylic acids is 1. The first-order chi connectivity index (χ1) is 9.10. The Balaban J connectivity index is 1.96. The summed E-state index contributed by atoms with van der Waals surface area (Å²) in [7, 11) is 1.72. The number of carbonyl (C=O) groups is 1. The zero-order valence-corrected chi connectivity index (χ0v) is 12.0. The Labute approximate surface area is 121 Å². The van der Waals surface area contributed by atoms with Crippen molar-refractivity contribution in [2.24, 2.45) is 0 Å². The van der Waals surface area contributed by atoms with Crippen LogP contribution in [0.5, 0.6) is 0 Å². The second kappa shape index (κ2) is 6.50. The topological polar surface area (TPSA) is 64.1 Å². The van der Waals surface area contributed by atoms with Crippen LogP contribution in [0, 0.1) is 0 Å². The highest BCUT2D eigenvalue weighted by Gasteiger charge is 2.23. The smallest absolute Gasteiger partial charge is 0.254 e. The molecule has 1 aliphatic carbocycles. The quantitative estimate of drug-likeness (QED) is 0.931. The van der Waals surface area contributed by atoms with Gasteiger partial charge in [0.25, 0.3) is 5.91 Å². The van der Waals surface area contributed by atoms with Gasteiger partial charge in [0.1, 0.15) is 0 Å². The van der Waals surface area contributed by atoms with Gasteiger partial charge < -0.3 is 10.1 Å². The number of methoxy groups -OCH3 is 1. The van der Waals surface area contributed by atoms with Gasteiger partial charge in [0, 0.05) is 13.2 Å². The third-order valence-corrected chi connectivity index (χ3v) is 3.77. The first kappa shape index (κ1) is 14.5. The molecule has 0 radical (unpaired) electrons. The van der Waals surface area contributed by atoms with E-state index in [4.69, 9.17) is 27.9 Å². The predicted molar refractivity (Wildman–Crippen MR) is 72.6 cm³/mol. The first-order valence-corrected chi connectivity index (χ1v) is 6.88. The van der Waals surface area contributed by atoms with Crippen molar-refractivity contribution in [2.75, 3.05) is 7.11 Å². The van der Waals surface area contributed by atoms with Crippen LogP contribution < -0.4 is 5.32 Å². The zero-order valence-electron chi connectivity index (χ0n) is 10.5. The fourth-order valence-corrected chi connectivity index (χ4v) is 2.54. The number of nitrogens with one attached hydrogen (secondary N) is 1. The van der Waals surface area contributed by atoms with Gasteiger partial charge in [-0.15, -0.1) is 10.2 Å². The van der Waals surface area contributed by atoms with E-state index >= 15 is 0 Å². The molecule has 0 bridgehead atoms. The predicted octanol–water partition coefficient (Wildman–Crippen LogP) is 2.47. The summed E-state index contributed by atoms with van der Waals surface area (Å²) in [6, 6.07) is 1.56. The molecule has 1 N–H and O–H groups in total. The van der Waals surface area contributed by atoms with E-state index in [0.717, 1.165) is 25.7 Å². The van der Waals surface area contributed by atoms with Crippen LogP contribution in [-0.4, -0.2) is 35.4 Å². The van der Waals surface area contributed by atoms with Crippen molar-refractivity contribution in [2.45, 2.75) is 37.8 Å². The second-order valence-electron chi connectivity index (χ2n) is 4.55.